The van der Waals surface area contributed by atoms with Crippen LogP contribution < -0.4 is 20.3 Å². The SMILES string of the molecule is CCOC(=O)CNCS(=O)(=O)c1ccc(N2CCC(NC[C@H](O)c3ccc(O)c(NS(C)(=O)=O)c3)CC2)cc1. The second-order valence-electron chi connectivity index (χ2n) is 9.32. The number of phenols is 1. The number of sulfone groups is 1. The number of anilines is 2. The third-order valence-electron chi connectivity index (χ3n) is 6.22. The van der Waals surface area contributed by atoms with Crippen molar-refractivity contribution in [2.24, 2.45) is 0 Å². The van der Waals surface area contributed by atoms with Crippen molar-refractivity contribution in [3.63, 3.8) is 0 Å². The van der Waals surface area contributed by atoms with Crippen LogP contribution in [0.2, 0.25) is 0 Å². The number of hydrogen-bond acceptors (Lipinski definition) is 11. The van der Waals surface area contributed by atoms with Gasteiger partial charge in [-0.1, -0.05) is 6.07 Å². The van der Waals surface area contributed by atoms with E-state index in [9.17, 15) is 31.8 Å². The normalized spacial score (nSPS) is 15.6. The molecule has 12 nitrogen and oxygen atoms in total. The number of carbonyl (C=O) groups excluding carboxylic acids is 1. The molecule has 0 aromatic heterocycles. The molecule has 0 radical (unpaired) electrons. The van der Waals surface area contributed by atoms with E-state index >= 15 is 0 Å². The van der Waals surface area contributed by atoms with Gasteiger partial charge in [0.15, 0.2) is 9.84 Å². The van der Waals surface area contributed by atoms with Crippen molar-refractivity contribution in [3.05, 3.63) is 48.0 Å². The Bertz CT molecular complexity index is 1330. The highest BCUT2D eigenvalue weighted by Gasteiger charge is 2.22. The quantitative estimate of drug-likeness (QED) is 0.167. The number of ether oxygens (including phenoxy) is 1. The molecule has 5 N–H and O–H groups in total. The number of rotatable bonds is 13. The zero-order chi connectivity index (χ0) is 28.6. The van der Waals surface area contributed by atoms with Crippen LogP contribution in [-0.4, -0.2) is 84.0 Å². The van der Waals surface area contributed by atoms with Gasteiger partial charge in [-0.05, 0) is 61.7 Å². The fraction of sp³-hybridized carbons (Fsp3) is 0.480. The van der Waals surface area contributed by atoms with Gasteiger partial charge in [-0.3, -0.25) is 14.8 Å². The van der Waals surface area contributed by atoms with Crippen molar-refractivity contribution >= 4 is 37.2 Å². The summed E-state index contributed by atoms with van der Waals surface area (Å²) in [4.78, 5) is 13.7. The first-order valence-corrected chi connectivity index (χ1v) is 16.1. The highest BCUT2D eigenvalue weighted by molar-refractivity contribution is 7.92. The van der Waals surface area contributed by atoms with Gasteiger partial charge in [-0.15, -0.1) is 0 Å². The fourth-order valence-electron chi connectivity index (χ4n) is 4.23. The molecule has 1 fully saturated rings. The van der Waals surface area contributed by atoms with Crippen molar-refractivity contribution in [2.45, 2.75) is 36.8 Å². The lowest BCUT2D eigenvalue weighted by Gasteiger charge is -2.34. The highest BCUT2D eigenvalue weighted by Crippen LogP contribution is 2.28. The minimum absolute atomic E-state index is 0.00844. The zero-order valence-electron chi connectivity index (χ0n) is 22.0. The number of nitrogens with one attached hydrogen (secondary N) is 3. The van der Waals surface area contributed by atoms with Crippen LogP contribution in [0, 0.1) is 0 Å². The van der Waals surface area contributed by atoms with Crippen LogP contribution >= 0.6 is 0 Å². The number of esters is 1. The summed E-state index contributed by atoms with van der Waals surface area (Å²) >= 11 is 0. The Hall–Kier alpha value is -2.91. The van der Waals surface area contributed by atoms with Gasteiger partial charge in [0.1, 0.15) is 11.6 Å². The zero-order valence-corrected chi connectivity index (χ0v) is 23.6. The summed E-state index contributed by atoms with van der Waals surface area (Å²) in [6, 6.07) is 11.1. The van der Waals surface area contributed by atoms with Crippen LogP contribution in [0.1, 0.15) is 31.4 Å². The Morgan fingerprint density at radius 3 is 2.38 bits per heavy atom. The molecule has 0 amide bonds. The summed E-state index contributed by atoms with van der Waals surface area (Å²) in [5.74, 6) is -1.10. The van der Waals surface area contributed by atoms with Crippen LogP contribution in [0.25, 0.3) is 0 Å². The van der Waals surface area contributed by atoms with E-state index in [1.807, 2.05) is 0 Å². The molecule has 0 saturated carbocycles. The molecular weight excluding hydrogens is 548 g/mol. The number of benzene rings is 2. The molecular formula is C25H36N4O8S2. The largest absolute Gasteiger partial charge is 0.506 e. The lowest BCUT2D eigenvalue weighted by Crippen LogP contribution is -2.43. The van der Waals surface area contributed by atoms with E-state index < -0.39 is 31.9 Å². The summed E-state index contributed by atoms with van der Waals surface area (Å²) in [7, 11) is -7.18. The molecule has 3 rings (SSSR count). The number of aliphatic hydroxyl groups is 1. The first-order chi connectivity index (χ1) is 18.4. The van der Waals surface area contributed by atoms with E-state index in [-0.39, 0.29) is 47.9 Å². The Morgan fingerprint density at radius 2 is 1.77 bits per heavy atom. The van der Waals surface area contributed by atoms with Gasteiger partial charge in [0.05, 0.1) is 36.1 Å². The topological polar surface area (TPSA) is 174 Å². The smallest absolute Gasteiger partial charge is 0.319 e. The number of carbonyl (C=O) groups is 1. The van der Waals surface area contributed by atoms with Gasteiger partial charge in [0, 0.05) is 31.4 Å². The summed E-state index contributed by atoms with van der Waals surface area (Å²) in [6.07, 6.45) is 1.70. The molecule has 14 heteroatoms. The molecule has 216 valence electrons. The maximum absolute atomic E-state index is 12.5. The second-order valence-corrected chi connectivity index (χ2v) is 13.1. The van der Waals surface area contributed by atoms with Gasteiger partial charge >= 0.3 is 5.97 Å². The van der Waals surface area contributed by atoms with Gasteiger partial charge in [-0.25, -0.2) is 16.8 Å². The number of phenolic OH excluding ortho intramolecular Hbond substituents is 1. The maximum atomic E-state index is 12.5. The minimum atomic E-state index is -3.60. The number of aromatic hydroxyl groups is 1. The van der Waals surface area contributed by atoms with E-state index in [2.05, 4.69) is 20.3 Å². The van der Waals surface area contributed by atoms with Crippen molar-refractivity contribution in [1.82, 2.24) is 10.6 Å². The standard InChI is InChI=1S/C25H36N4O8S2/c1-3-37-25(32)16-26-17-39(35,36)21-7-5-20(6-8-21)29-12-10-19(11-13-29)27-15-24(31)18-4-9-23(30)22(14-18)28-38(2,33)34/h4-9,14,19,24,26-28,30-31H,3,10-13,15-17H2,1-2H3/t24-/m0/s1. The van der Waals surface area contributed by atoms with Crippen molar-refractivity contribution in [1.29, 1.82) is 0 Å². The number of sulfonamides is 1. The molecule has 0 unspecified atom stereocenters. The summed E-state index contributed by atoms with van der Waals surface area (Å²) in [5, 5.41) is 26.4. The summed E-state index contributed by atoms with van der Waals surface area (Å²) in [5.41, 5.74) is 1.38. The predicted molar refractivity (Wildman–Crippen MR) is 148 cm³/mol. The predicted octanol–water partition coefficient (Wildman–Crippen LogP) is 0.940. The number of piperidine rings is 1. The number of aliphatic hydroxyl groups excluding tert-OH is 1. The molecule has 1 aliphatic rings. The first kappa shape index (κ1) is 30.6. The molecule has 0 bridgehead atoms. The number of hydrogen-bond donors (Lipinski definition) is 5. The third-order valence-corrected chi connectivity index (χ3v) is 8.39. The molecule has 1 atom stereocenters. The fourth-order valence-corrected chi connectivity index (χ4v) is 5.88. The van der Waals surface area contributed by atoms with Crippen LogP contribution in [0.4, 0.5) is 11.4 Å². The van der Waals surface area contributed by atoms with Crippen LogP contribution in [0.5, 0.6) is 5.75 Å². The van der Waals surface area contributed by atoms with Crippen LogP contribution in [0.3, 0.4) is 0 Å². The van der Waals surface area contributed by atoms with Crippen molar-refractivity contribution in [3.8, 4) is 5.75 Å². The maximum Gasteiger partial charge on any atom is 0.319 e. The van der Waals surface area contributed by atoms with E-state index in [4.69, 9.17) is 4.74 Å². The molecule has 1 aliphatic heterocycles. The lowest BCUT2D eigenvalue weighted by molar-refractivity contribution is -0.141. The molecule has 1 saturated heterocycles. The minimum Gasteiger partial charge on any atom is -0.506 e. The van der Waals surface area contributed by atoms with Gasteiger partial charge in [0.2, 0.25) is 10.0 Å². The third kappa shape index (κ3) is 9.35. The van der Waals surface area contributed by atoms with Crippen LogP contribution in [-0.2, 0) is 29.4 Å². The lowest BCUT2D eigenvalue weighted by atomic mass is 10.0. The average molecular weight is 585 g/mol. The summed E-state index contributed by atoms with van der Waals surface area (Å²) in [6.45, 7) is 3.47. The van der Waals surface area contributed by atoms with Crippen molar-refractivity contribution < 1.29 is 36.6 Å². The second kappa shape index (κ2) is 13.4. The highest BCUT2D eigenvalue weighted by atomic mass is 32.2. The average Bonchev–Trinajstić information content (AvgIpc) is 2.88. The molecule has 0 spiro atoms. The van der Waals surface area contributed by atoms with Crippen molar-refractivity contribution in [2.75, 3.05) is 54.5 Å². The van der Waals surface area contributed by atoms with E-state index in [1.54, 1.807) is 31.2 Å². The van der Waals surface area contributed by atoms with Gasteiger partial charge in [0.25, 0.3) is 0 Å². The Kier molecular flexibility index (Phi) is 10.6. The molecule has 0 aliphatic carbocycles. The Morgan fingerprint density at radius 1 is 1.10 bits per heavy atom. The molecule has 1 heterocycles. The molecule has 39 heavy (non-hydrogen) atoms. The first-order valence-electron chi connectivity index (χ1n) is 12.5. The van der Waals surface area contributed by atoms with E-state index in [1.165, 1.54) is 18.2 Å². The molecule has 2 aromatic carbocycles. The van der Waals surface area contributed by atoms with Gasteiger partial charge < -0.3 is 25.2 Å². The Balaban J connectivity index is 1.47. The number of nitrogens with zero attached hydrogens (tertiary/aromatic N) is 1. The summed E-state index contributed by atoms with van der Waals surface area (Å²) < 4.78 is 55.0. The van der Waals surface area contributed by atoms with Gasteiger partial charge in [-0.2, -0.15) is 0 Å². The molecule has 2 aromatic rings. The van der Waals surface area contributed by atoms with E-state index in [0.717, 1.165) is 37.9 Å². The Labute approximate surface area is 229 Å². The monoisotopic (exact) mass is 584 g/mol. The van der Waals surface area contributed by atoms with E-state index in [0.29, 0.717) is 5.56 Å². The van der Waals surface area contributed by atoms with Crippen LogP contribution in [0.15, 0.2) is 47.4 Å².